The van der Waals surface area contributed by atoms with Crippen LogP contribution in [0.4, 0.5) is 11.4 Å². The largest absolute Gasteiger partial charge is 0.369 e. The van der Waals surface area contributed by atoms with Gasteiger partial charge < -0.3 is 15.1 Å². The van der Waals surface area contributed by atoms with E-state index in [2.05, 4.69) is 22.0 Å². The van der Waals surface area contributed by atoms with E-state index in [0.29, 0.717) is 24.3 Å². The molecule has 0 unspecified atom stereocenters. The van der Waals surface area contributed by atoms with Crippen LogP contribution >= 0.6 is 0 Å². The maximum absolute atomic E-state index is 13.0. The Labute approximate surface area is 191 Å². The predicted octanol–water partition coefficient (Wildman–Crippen LogP) is 3.17. The molecule has 0 radical (unpaired) electrons. The monoisotopic (exact) mass is 456 g/mol. The third-order valence-corrected chi connectivity index (χ3v) is 8.36. The molecule has 1 N–H and O–H groups in total. The molecule has 0 bridgehead atoms. The third-order valence-electron chi connectivity index (χ3n) is 6.47. The first-order valence-electron chi connectivity index (χ1n) is 11.4. The highest BCUT2D eigenvalue weighted by molar-refractivity contribution is 7.89. The van der Waals surface area contributed by atoms with E-state index in [9.17, 15) is 13.2 Å². The number of likely N-dealkylation sites (N-methyl/N-ethyl adjacent to an activating group) is 1. The van der Waals surface area contributed by atoms with Crippen molar-refractivity contribution in [1.29, 1.82) is 0 Å². The molecule has 0 aliphatic carbocycles. The van der Waals surface area contributed by atoms with Crippen molar-refractivity contribution >= 4 is 27.3 Å². The lowest BCUT2D eigenvalue weighted by Gasteiger charge is -2.35. The molecule has 7 nitrogen and oxygen atoms in total. The van der Waals surface area contributed by atoms with Gasteiger partial charge in [0, 0.05) is 56.2 Å². The molecule has 0 atom stereocenters. The smallest absolute Gasteiger partial charge is 0.255 e. The average Bonchev–Trinajstić information content (AvgIpc) is 3.36. The minimum Gasteiger partial charge on any atom is -0.369 e. The number of hydrogen-bond acceptors (Lipinski definition) is 5. The van der Waals surface area contributed by atoms with Crippen LogP contribution in [0.5, 0.6) is 0 Å². The number of benzene rings is 2. The summed E-state index contributed by atoms with van der Waals surface area (Å²) in [4.78, 5) is 17.9. The summed E-state index contributed by atoms with van der Waals surface area (Å²) in [6.45, 7) is 10.3. The summed E-state index contributed by atoms with van der Waals surface area (Å²) in [6.07, 6.45) is 1.76. The highest BCUT2D eigenvalue weighted by Crippen LogP contribution is 2.24. The number of carbonyl (C=O) groups excluding carboxylic acids is 1. The number of nitrogens with one attached hydrogen (secondary N) is 1. The van der Waals surface area contributed by atoms with Crippen LogP contribution < -0.4 is 10.2 Å². The zero-order valence-corrected chi connectivity index (χ0v) is 19.7. The van der Waals surface area contributed by atoms with Crippen LogP contribution in [-0.2, 0) is 10.0 Å². The van der Waals surface area contributed by atoms with Gasteiger partial charge in [-0.2, -0.15) is 4.31 Å². The Hall–Kier alpha value is -2.42. The molecule has 0 spiro atoms. The van der Waals surface area contributed by atoms with Gasteiger partial charge in [0.2, 0.25) is 10.0 Å². The summed E-state index contributed by atoms with van der Waals surface area (Å²) < 4.78 is 27.3. The van der Waals surface area contributed by atoms with Gasteiger partial charge in [0.15, 0.2) is 0 Å². The Morgan fingerprint density at radius 1 is 0.938 bits per heavy atom. The number of nitrogens with zero attached hydrogens (tertiary/aromatic N) is 3. The first-order valence-corrected chi connectivity index (χ1v) is 12.8. The number of sulfonamides is 1. The van der Waals surface area contributed by atoms with Gasteiger partial charge in [0.1, 0.15) is 0 Å². The first kappa shape index (κ1) is 22.8. The van der Waals surface area contributed by atoms with Gasteiger partial charge in [-0.15, -0.1) is 0 Å². The van der Waals surface area contributed by atoms with E-state index in [1.54, 1.807) is 12.1 Å². The molecule has 2 fully saturated rings. The fourth-order valence-electron chi connectivity index (χ4n) is 4.36. The van der Waals surface area contributed by atoms with Crippen molar-refractivity contribution in [2.24, 2.45) is 0 Å². The van der Waals surface area contributed by atoms with Crippen molar-refractivity contribution in [2.45, 2.75) is 31.6 Å². The number of rotatable bonds is 6. The van der Waals surface area contributed by atoms with Gasteiger partial charge >= 0.3 is 0 Å². The van der Waals surface area contributed by atoms with E-state index < -0.39 is 10.0 Å². The quantitative estimate of drug-likeness (QED) is 0.723. The van der Waals surface area contributed by atoms with Gasteiger partial charge in [-0.25, -0.2) is 8.42 Å². The summed E-state index contributed by atoms with van der Waals surface area (Å²) in [5.74, 6) is -0.301. The third kappa shape index (κ3) is 4.82. The van der Waals surface area contributed by atoms with Gasteiger partial charge in [-0.3, -0.25) is 4.79 Å². The molecule has 8 heteroatoms. The minimum absolute atomic E-state index is 0.178. The van der Waals surface area contributed by atoms with Gasteiger partial charge in [0.05, 0.1) is 4.90 Å². The lowest BCUT2D eigenvalue weighted by atomic mass is 10.1. The van der Waals surface area contributed by atoms with E-state index in [1.165, 1.54) is 10.4 Å². The van der Waals surface area contributed by atoms with Crippen molar-refractivity contribution in [3.8, 4) is 0 Å². The Kier molecular flexibility index (Phi) is 6.83. The molecule has 172 valence electrons. The second kappa shape index (κ2) is 9.60. The molecule has 2 aliphatic rings. The summed E-state index contributed by atoms with van der Waals surface area (Å²) in [5.41, 5.74) is 2.96. The number of amides is 1. The summed E-state index contributed by atoms with van der Waals surface area (Å²) >= 11 is 0. The fourth-order valence-corrected chi connectivity index (χ4v) is 5.90. The molecule has 2 aliphatic heterocycles. The lowest BCUT2D eigenvalue weighted by molar-refractivity contribution is 0.102. The van der Waals surface area contributed by atoms with Crippen molar-refractivity contribution in [3.05, 3.63) is 53.6 Å². The van der Waals surface area contributed by atoms with Crippen LogP contribution in [-0.4, -0.2) is 69.3 Å². The zero-order chi connectivity index (χ0) is 22.7. The topological polar surface area (TPSA) is 73.0 Å². The Balaban J connectivity index is 1.46. The molecule has 1 amide bonds. The van der Waals surface area contributed by atoms with Crippen molar-refractivity contribution in [1.82, 2.24) is 9.21 Å². The van der Waals surface area contributed by atoms with Crippen LogP contribution in [0.1, 0.15) is 35.7 Å². The Morgan fingerprint density at radius 3 is 2.22 bits per heavy atom. The molecule has 32 heavy (non-hydrogen) atoms. The van der Waals surface area contributed by atoms with Crippen LogP contribution in [0.15, 0.2) is 47.4 Å². The second-order valence-electron chi connectivity index (χ2n) is 8.51. The molecule has 4 rings (SSSR count). The van der Waals surface area contributed by atoms with E-state index in [0.717, 1.165) is 56.8 Å². The summed E-state index contributed by atoms with van der Waals surface area (Å²) in [7, 11) is -3.56. The SMILES string of the molecule is CCN1CCN(c2ccc(NC(=O)c3cc(S(=O)(=O)N4CCCC4)ccc3C)cc2)CC1. The zero-order valence-electron chi connectivity index (χ0n) is 18.9. The highest BCUT2D eigenvalue weighted by atomic mass is 32.2. The van der Waals surface area contributed by atoms with Gasteiger partial charge in [-0.1, -0.05) is 13.0 Å². The number of carbonyl (C=O) groups is 1. The maximum Gasteiger partial charge on any atom is 0.255 e. The predicted molar refractivity (Wildman–Crippen MR) is 128 cm³/mol. The number of hydrogen-bond donors (Lipinski definition) is 1. The fraction of sp³-hybridized carbons (Fsp3) is 0.458. The molecule has 0 saturated carbocycles. The molecule has 2 aromatic carbocycles. The second-order valence-corrected chi connectivity index (χ2v) is 10.4. The van der Waals surface area contributed by atoms with Gasteiger partial charge in [-0.05, 0) is 68.3 Å². The number of anilines is 2. The number of piperazine rings is 1. The molecular weight excluding hydrogens is 424 g/mol. The van der Waals surface area contributed by atoms with Crippen LogP contribution in [0, 0.1) is 6.92 Å². The average molecular weight is 457 g/mol. The van der Waals surface area contributed by atoms with Gasteiger partial charge in [0.25, 0.3) is 5.91 Å². The molecular formula is C24H32N4O3S. The van der Waals surface area contributed by atoms with E-state index in [-0.39, 0.29) is 10.8 Å². The normalized spacial score (nSPS) is 18.1. The van der Waals surface area contributed by atoms with Crippen molar-refractivity contribution < 1.29 is 13.2 Å². The Morgan fingerprint density at radius 2 is 1.59 bits per heavy atom. The van der Waals surface area contributed by atoms with Crippen LogP contribution in [0.2, 0.25) is 0 Å². The Bertz CT molecular complexity index is 1060. The van der Waals surface area contributed by atoms with Crippen LogP contribution in [0.3, 0.4) is 0 Å². The minimum atomic E-state index is -3.56. The van der Waals surface area contributed by atoms with E-state index in [4.69, 9.17) is 0 Å². The molecule has 0 aromatic heterocycles. The van der Waals surface area contributed by atoms with Crippen molar-refractivity contribution in [2.75, 3.05) is 56.0 Å². The lowest BCUT2D eigenvalue weighted by Crippen LogP contribution is -2.46. The summed E-state index contributed by atoms with van der Waals surface area (Å²) in [5, 5.41) is 2.92. The van der Waals surface area contributed by atoms with E-state index >= 15 is 0 Å². The van der Waals surface area contributed by atoms with Crippen molar-refractivity contribution in [3.63, 3.8) is 0 Å². The molecule has 2 aromatic rings. The maximum atomic E-state index is 13.0. The molecule has 2 saturated heterocycles. The first-order chi connectivity index (χ1) is 15.4. The summed E-state index contributed by atoms with van der Waals surface area (Å²) in [6, 6.07) is 12.7. The van der Waals surface area contributed by atoms with Crippen LogP contribution in [0.25, 0.3) is 0 Å². The number of aryl methyl sites for hydroxylation is 1. The van der Waals surface area contributed by atoms with E-state index in [1.807, 2.05) is 31.2 Å². The molecule has 2 heterocycles. The highest BCUT2D eigenvalue weighted by Gasteiger charge is 2.28. The standard InChI is InChI=1S/C24H32N4O3S/c1-3-26-14-16-27(17-15-26)21-9-7-20(8-10-21)25-24(29)23-18-22(11-6-19(23)2)32(30,31)28-12-4-5-13-28/h6-11,18H,3-5,12-17H2,1-2H3,(H,25,29).